The molecule has 176 valence electrons. The van der Waals surface area contributed by atoms with Crippen LogP contribution in [-0.4, -0.2) is 94.4 Å². The number of carbonyl (C=O) groups excluding carboxylic acids is 2. The standard InChI is InChI=1S/C22H30Cl2N4O4/c1-14-20(31)27(12-16(29)11-26-7-6-22(4-5-22)19(30)13-26)8-9-28(14)21(32)25-15-2-3-17(23)18(24)10-15/h2-3,10,14,16,19,29-30H,4-9,11-13H2,1H3,(H,25,32). The SMILES string of the molecule is CC1C(=O)N(CC(O)CN2CCC3(CC3)C(O)C2)CCN1C(=O)Nc1ccc(Cl)c(Cl)c1. The van der Waals surface area contributed by atoms with E-state index in [0.29, 0.717) is 41.9 Å². The summed E-state index contributed by atoms with van der Waals surface area (Å²) in [5.74, 6) is -0.199. The molecule has 4 rings (SSSR count). The lowest BCUT2D eigenvalue weighted by Crippen LogP contribution is -2.60. The van der Waals surface area contributed by atoms with Crippen LogP contribution in [0.2, 0.25) is 10.0 Å². The summed E-state index contributed by atoms with van der Waals surface area (Å²) in [5, 5.41) is 24.4. The molecule has 0 radical (unpaired) electrons. The number of anilines is 1. The van der Waals surface area contributed by atoms with Crippen molar-refractivity contribution in [1.82, 2.24) is 14.7 Å². The van der Waals surface area contributed by atoms with Crippen LogP contribution in [0.25, 0.3) is 0 Å². The van der Waals surface area contributed by atoms with Gasteiger partial charge in [0.1, 0.15) is 6.04 Å². The van der Waals surface area contributed by atoms with Crippen LogP contribution in [0.3, 0.4) is 0 Å². The first kappa shape index (κ1) is 23.6. The topological polar surface area (TPSA) is 96.3 Å². The van der Waals surface area contributed by atoms with Crippen LogP contribution in [0, 0.1) is 5.41 Å². The minimum atomic E-state index is -0.705. The molecule has 8 nitrogen and oxygen atoms in total. The fourth-order valence-corrected chi connectivity index (χ4v) is 5.05. The Balaban J connectivity index is 1.27. The van der Waals surface area contributed by atoms with Crippen molar-refractivity contribution >= 4 is 40.8 Å². The van der Waals surface area contributed by atoms with Gasteiger partial charge in [0.05, 0.1) is 22.3 Å². The molecular formula is C22H30Cl2N4O4. The summed E-state index contributed by atoms with van der Waals surface area (Å²) >= 11 is 11.9. The molecule has 1 spiro atoms. The normalized spacial score (nSPS) is 26.3. The Bertz CT molecular complexity index is 881. The molecular weight excluding hydrogens is 455 g/mol. The average molecular weight is 485 g/mol. The van der Waals surface area contributed by atoms with Gasteiger partial charge in [-0.1, -0.05) is 23.2 Å². The summed E-state index contributed by atoms with van der Waals surface area (Å²) in [4.78, 5) is 30.7. The second kappa shape index (κ2) is 9.35. The van der Waals surface area contributed by atoms with Gasteiger partial charge in [0.15, 0.2) is 0 Å². The number of nitrogens with one attached hydrogen (secondary N) is 1. The number of carbonyl (C=O) groups is 2. The zero-order valence-corrected chi connectivity index (χ0v) is 19.6. The zero-order chi connectivity index (χ0) is 23.0. The number of β-amino-alcohol motifs (C(OH)–C–C–N with tert-alkyl or cyclic N) is 2. The van der Waals surface area contributed by atoms with E-state index < -0.39 is 12.1 Å². The van der Waals surface area contributed by atoms with Gasteiger partial charge in [-0.25, -0.2) is 4.79 Å². The fourth-order valence-electron chi connectivity index (χ4n) is 4.75. The molecule has 32 heavy (non-hydrogen) atoms. The van der Waals surface area contributed by atoms with E-state index in [2.05, 4.69) is 10.2 Å². The van der Waals surface area contributed by atoms with Gasteiger partial charge in [0.2, 0.25) is 5.91 Å². The molecule has 0 bridgehead atoms. The maximum absolute atomic E-state index is 12.9. The summed E-state index contributed by atoms with van der Waals surface area (Å²) in [6.07, 6.45) is 2.12. The lowest BCUT2D eigenvalue weighted by Gasteiger charge is -2.41. The van der Waals surface area contributed by atoms with Gasteiger partial charge in [-0.2, -0.15) is 0 Å². The number of piperidine rings is 1. The molecule has 1 aromatic carbocycles. The van der Waals surface area contributed by atoms with Gasteiger partial charge in [-0.3, -0.25) is 9.69 Å². The molecule has 3 amide bonds. The van der Waals surface area contributed by atoms with E-state index in [-0.39, 0.29) is 30.0 Å². The Morgan fingerprint density at radius 3 is 2.59 bits per heavy atom. The van der Waals surface area contributed by atoms with E-state index in [1.54, 1.807) is 30.0 Å². The molecule has 3 fully saturated rings. The van der Waals surface area contributed by atoms with Crippen LogP contribution in [0.15, 0.2) is 18.2 Å². The number of aliphatic hydroxyl groups is 2. The monoisotopic (exact) mass is 484 g/mol. The van der Waals surface area contributed by atoms with Crippen molar-refractivity contribution in [3.8, 4) is 0 Å². The third kappa shape index (κ3) is 4.99. The van der Waals surface area contributed by atoms with E-state index in [1.807, 2.05) is 0 Å². The third-order valence-corrected chi connectivity index (χ3v) is 7.77. The third-order valence-electron chi connectivity index (χ3n) is 7.04. The van der Waals surface area contributed by atoms with Crippen molar-refractivity contribution in [1.29, 1.82) is 0 Å². The molecule has 1 saturated carbocycles. The largest absolute Gasteiger partial charge is 0.391 e. The summed E-state index contributed by atoms with van der Waals surface area (Å²) in [6, 6.07) is 3.77. The number of benzene rings is 1. The number of nitrogens with zero attached hydrogens (tertiary/aromatic N) is 3. The number of hydrogen-bond donors (Lipinski definition) is 3. The van der Waals surface area contributed by atoms with Gasteiger partial charge < -0.3 is 25.3 Å². The van der Waals surface area contributed by atoms with Crippen molar-refractivity contribution < 1.29 is 19.8 Å². The smallest absolute Gasteiger partial charge is 0.322 e. The van der Waals surface area contributed by atoms with Crippen LogP contribution >= 0.6 is 23.2 Å². The molecule has 3 aliphatic rings. The second-order valence-corrected chi connectivity index (χ2v) is 10.1. The number of likely N-dealkylation sites (tertiary alicyclic amines) is 1. The number of aliphatic hydroxyl groups excluding tert-OH is 2. The molecule has 1 aromatic rings. The van der Waals surface area contributed by atoms with Gasteiger partial charge in [0, 0.05) is 38.4 Å². The zero-order valence-electron chi connectivity index (χ0n) is 18.1. The highest BCUT2D eigenvalue weighted by Crippen LogP contribution is 2.53. The molecule has 3 N–H and O–H groups in total. The predicted octanol–water partition coefficient (Wildman–Crippen LogP) is 2.27. The molecule has 3 atom stereocenters. The van der Waals surface area contributed by atoms with Crippen LogP contribution in [0.5, 0.6) is 0 Å². The van der Waals surface area contributed by atoms with E-state index in [9.17, 15) is 19.8 Å². The Hall–Kier alpha value is -1.58. The maximum atomic E-state index is 12.9. The number of rotatable bonds is 5. The van der Waals surface area contributed by atoms with E-state index >= 15 is 0 Å². The minimum absolute atomic E-state index is 0.126. The molecule has 2 saturated heterocycles. The van der Waals surface area contributed by atoms with E-state index in [4.69, 9.17) is 23.2 Å². The van der Waals surface area contributed by atoms with Gasteiger partial charge in [0.25, 0.3) is 0 Å². The second-order valence-electron chi connectivity index (χ2n) is 9.25. The highest BCUT2D eigenvalue weighted by molar-refractivity contribution is 6.42. The van der Waals surface area contributed by atoms with Crippen LogP contribution in [0.4, 0.5) is 10.5 Å². The average Bonchev–Trinajstić information content (AvgIpc) is 3.52. The number of halogens is 2. The molecule has 3 unspecified atom stereocenters. The van der Waals surface area contributed by atoms with Crippen LogP contribution in [0.1, 0.15) is 26.2 Å². The molecule has 0 aromatic heterocycles. The first-order valence-electron chi connectivity index (χ1n) is 11.1. The molecule has 1 aliphatic carbocycles. The van der Waals surface area contributed by atoms with Gasteiger partial charge >= 0.3 is 6.03 Å². The Morgan fingerprint density at radius 2 is 1.94 bits per heavy atom. The first-order chi connectivity index (χ1) is 15.2. The van der Waals surface area contributed by atoms with E-state index in [0.717, 1.165) is 25.8 Å². The number of piperazine rings is 1. The predicted molar refractivity (Wildman–Crippen MR) is 123 cm³/mol. The number of hydrogen-bond acceptors (Lipinski definition) is 5. The Kier molecular flexibility index (Phi) is 6.89. The van der Waals surface area contributed by atoms with Crippen LogP contribution in [-0.2, 0) is 4.79 Å². The Morgan fingerprint density at radius 1 is 1.19 bits per heavy atom. The number of amides is 3. The van der Waals surface area contributed by atoms with Crippen molar-refractivity contribution in [3.63, 3.8) is 0 Å². The lowest BCUT2D eigenvalue weighted by molar-refractivity contribution is -0.141. The summed E-state index contributed by atoms with van der Waals surface area (Å²) in [5.41, 5.74) is 0.625. The lowest BCUT2D eigenvalue weighted by atomic mass is 9.90. The number of urea groups is 1. The Labute approximate surface area is 198 Å². The summed E-state index contributed by atoms with van der Waals surface area (Å²) in [6.45, 7) is 4.46. The van der Waals surface area contributed by atoms with Crippen molar-refractivity contribution in [2.75, 3.05) is 44.6 Å². The highest BCUT2D eigenvalue weighted by atomic mass is 35.5. The van der Waals surface area contributed by atoms with E-state index in [1.165, 1.54) is 4.90 Å². The minimum Gasteiger partial charge on any atom is -0.391 e. The fraction of sp³-hybridized carbons (Fsp3) is 0.636. The van der Waals surface area contributed by atoms with Crippen molar-refractivity contribution in [2.45, 2.75) is 44.4 Å². The van der Waals surface area contributed by atoms with Crippen LogP contribution < -0.4 is 5.32 Å². The first-order valence-corrected chi connectivity index (χ1v) is 11.8. The van der Waals surface area contributed by atoms with Gasteiger partial charge in [-0.15, -0.1) is 0 Å². The van der Waals surface area contributed by atoms with Crippen molar-refractivity contribution in [2.24, 2.45) is 5.41 Å². The molecule has 2 heterocycles. The highest BCUT2D eigenvalue weighted by Gasteiger charge is 2.51. The quantitative estimate of drug-likeness (QED) is 0.595. The summed E-state index contributed by atoms with van der Waals surface area (Å²) in [7, 11) is 0. The van der Waals surface area contributed by atoms with Gasteiger partial charge in [-0.05, 0) is 56.3 Å². The van der Waals surface area contributed by atoms with Crippen molar-refractivity contribution in [3.05, 3.63) is 28.2 Å². The summed E-state index contributed by atoms with van der Waals surface area (Å²) < 4.78 is 0. The molecule has 2 aliphatic heterocycles. The molecule has 10 heteroatoms. The maximum Gasteiger partial charge on any atom is 0.322 e.